The second-order valence-electron chi connectivity index (χ2n) is 12.2. The Labute approximate surface area is 293 Å². The third-order valence-corrected chi connectivity index (χ3v) is 9.79. The zero-order chi connectivity index (χ0) is 36.2. The van der Waals surface area contributed by atoms with Gasteiger partial charge in [0.2, 0.25) is 0 Å². The number of carbonyl (C=O) groups excluding carboxylic acids is 1. The van der Waals surface area contributed by atoms with Crippen LogP contribution in [-0.2, 0) is 4.79 Å². The lowest BCUT2D eigenvalue weighted by atomic mass is 10.0. The number of hydrogen-bond donors (Lipinski definition) is 0. The number of halogens is 6. The number of nitriles is 1. The molecule has 3 unspecified atom stereocenters. The minimum absolute atomic E-state index is 0.00679. The van der Waals surface area contributed by atoms with E-state index in [4.69, 9.17) is 4.74 Å². The molecular formula is C34H32F6N8O2S. The van der Waals surface area contributed by atoms with E-state index in [0.717, 1.165) is 48.6 Å². The average molecular weight is 731 g/mol. The van der Waals surface area contributed by atoms with Crippen molar-refractivity contribution >= 4 is 40.0 Å². The molecule has 1 aromatic carbocycles. The molecule has 0 saturated carbocycles. The molecule has 3 atom stereocenters. The van der Waals surface area contributed by atoms with Gasteiger partial charge in [0.05, 0.1) is 31.0 Å². The third-order valence-electron chi connectivity index (χ3n) is 9.07. The lowest BCUT2D eigenvalue weighted by Gasteiger charge is -2.41. The number of piperazine rings is 1. The predicted octanol–water partition coefficient (Wildman–Crippen LogP) is 6.51. The van der Waals surface area contributed by atoms with Crippen molar-refractivity contribution in [1.29, 1.82) is 5.26 Å². The summed E-state index contributed by atoms with van der Waals surface area (Å²) in [6.45, 7) is 1.97. The first-order valence-corrected chi connectivity index (χ1v) is 17.0. The van der Waals surface area contributed by atoms with Gasteiger partial charge in [0.1, 0.15) is 34.0 Å². The van der Waals surface area contributed by atoms with Crippen LogP contribution < -0.4 is 9.64 Å². The molecule has 0 N–H and O–H groups in total. The van der Waals surface area contributed by atoms with Gasteiger partial charge in [0.25, 0.3) is 12.3 Å². The molecule has 3 saturated heterocycles. The molecular weight excluding hydrogens is 698 g/mol. The predicted molar refractivity (Wildman–Crippen MR) is 177 cm³/mol. The van der Waals surface area contributed by atoms with E-state index in [1.54, 1.807) is 10.3 Å². The van der Waals surface area contributed by atoms with Gasteiger partial charge in [0, 0.05) is 67.2 Å². The number of alkyl halides is 3. The van der Waals surface area contributed by atoms with Crippen LogP contribution in [0.25, 0.3) is 28.2 Å². The Balaban J connectivity index is 0.000000428. The van der Waals surface area contributed by atoms with Crippen LogP contribution in [-0.4, -0.2) is 93.7 Å². The monoisotopic (exact) mass is 730 g/mol. The summed E-state index contributed by atoms with van der Waals surface area (Å²) in [5.41, 5.74) is -1.90. The van der Waals surface area contributed by atoms with Crippen LogP contribution in [0.3, 0.4) is 0 Å². The Morgan fingerprint density at radius 1 is 1.18 bits per heavy atom. The molecule has 7 rings (SSSR count). The number of benzene rings is 1. The van der Waals surface area contributed by atoms with Crippen LogP contribution in [0.4, 0.5) is 32.2 Å². The van der Waals surface area contributed by atoms with Crippen LogP contribution in [0.1, 0.15) is 42.7 Å². The maximum atomic E-state index is 15.9. The largest absolute Gasteiger partial charge is 0.467 e. The number of ether oxygens (including phenoxy) is 1. The fourth-order valence-electron chi connectivity index (χ4n) is 6.70. The number of thiazole rings is 1. The van der Waals surface area contributed by atoms with E-state index < -0.39 is 58.8 Å². The molecule has 17 heteroatoms. The summed E-state index contributed by atoms with van der Waals surface area (Å²) >= 11 is 1.15. The van der Waals surface area contributed by atoms with E-state index in [1.165, 1.54) is 37.2 Å². The van der Waals surface area contributed by atoms with E-state index in [0.29, 0.717) is 17.6 Å². The van der Waals surface area contributed by atoms with Gasteiger partial charge in [-0.3, -0.25) is 14.7 Å². The highest BCUT2D eigenvalue weighted by Crippen LogP contribution is 2.37. The summed E-state index contributed by atoms with van der Waals surface area (Å²) in [6, 6.07) is 4.06. The Hall–Kier alpha value is -4.82. The number of amides is 1. The molecule has 3 aliphatic rings. The molecule has 0 bridgehead atoms. The number of pyridine rings is 1. The van der Waals surface area contributed by atoms with E-state index in [9.17, 15) is 32.0 Å². The molecule has 6 heterocycles. The fourth-order valence-corrected chi connectivity index (χ4v) is 7.25. The number of fused-ring (bicyclic) bond motifs is 2. The topological polar surface area (TPSA) is 111 Å². The van der Waals surface area contributed by atoms with Crippen molar-refractivity contribution < 1.29 is 35.9 Å². The summed E-state index contributed by atoms with van der Waals surface area (Å²) in [7, 11) is 1.25. The summed E-state index contributed by atoms with van der Waals surface area (Å²) in [6.07, 6.45) is 3.33. The van der Waals surface area contributed by atoms with Crippen LogP contribution >= 0.6 is 11.3 Å². The van der Waals surface area contributed by atoms with Gasteiger partial charge in [-0.15, -0.1) is 11.3 Å². The fraction of sp³-hybridized carbons (Fsp3) is 0.412. The zero-order valence-electron chi connectivity index (χ0n) is 27.3. The lowest BCUT2D eigenvalue weighted by molar-refractivity contribution is -0.131. The van der Waals surface area contributed by atoms with Crippen molar-refractivity contribution in [2.24, 2.45) is 0 Å². The van der Waals surface area contributed by atoms with Crippen molar-refractivity contribution in [3.63, 3.8) is 0 Å². The zero-order valence-corrected chi connectivity index (χ0v) is 28.1. The van der Waals surface area contributed by atoms with Crippen LogP contribution in [0.2, 0.25) is 0 Å². The number of anilines is 1. The van der Waals surface area contributed by atoms with E-state index in [1.807, 2.05) is 6.07 Å². The van der Waals surface area contributed by atoms with Gasteiger partial charge in [-0.2, -0.15) is 15.2 Å². The number of nitrogens with zero attached hydrogens (tertiary/aromatic N) is 8. The van der Waals surface area contributed by atoms with Crippen molar-refractivity contribution in [3.8, 4) is 23.3 Å². The summed E-state index contributed by atoms with van der Waals surface area (Å²) < 4.78 is 89.7. The maximum absolute atomic E-state index is 15.9. The number of rotatable bonds is 7. The highest BCUT2D eigenvalue weighted by molar-refractivity contribution is 7.10. The van der Waals surface area contributed by atoms with Gasteiger partial charge < -0.3 is 14.5 Å². The molecule has 0 aliphatic carbocycles. The highest BCUT2D eigenvalue weighted by atomic mass is 32.1. The third kappa shape index (κ3) is 7.76. The number of methoxy groups -OCH3 is 1. The quantitative estimate of drug-likeness (QED) is 0.155. The minimum atomic E-state index is -3.02. The van der Waals surface area contributed by atoms with E-state index in [2.05, 4.69) is 24.8 Å². The molecule has 0 spiro atoms. The van der Waals surface area contributed by atoms with Gasteiger partial charge in [-0.25, -0.2) is 31.3 Å². The molecule has 3 fully saturated rings. The van der Waals surface area contributed by atoms with Gasteiger partial charge >= 0.3 is 6.01 Å². The van der Waals surface area contributed by atoms with Crippen molar-refractivity contribution in [2.75, 3.05) is 44.7 Å². The van der Waals surface area contributed by atoms with Gasteiger partial charge in [0.15, 0.2) is 11.6 Å². The van der Waals surface area contributed by atoms with Crippen molar-refractivity contribution in [2.45, 2.75) is 50.4 Å². The molecule has 268 valence electrons. The summed E-state index contributed by atoms with van der Waals surface area (Å²) in [5, 5.41) is 11.4. The molecule has 4 aromatic rings. The molecule has 10 nitrogen and oxygen atoms in total. The second-order valence-corrected chi connectivity index (χ2v) is 13.1. The molecule has 3 aromatic heterocycles. The Bertz CT molecular complexity index is 1950. The standard InChI is InChI=1S/C27H20F5N7O2S.C7H12FN/c1-41-27-36-23-18(12-35-22(21(23)30)17-10-14(28)2-3-16(17)24(31)32)25(37-27)38-7-8-39(15(13-38)4-5-33)26(40)19(29)11-20-34-6-9-42-20;8-6-4-7-2-1-3-9(7)5-6/h2-3,6,9-12,15,24H,4,7-8,13H2,1H3;6-7H,1-5H2/b19-11-;. The highest BCUT2D eigenvalue weighted by Gasteiger charge is 2.36. The Morgan fingerprint density at radius 3 is 2.71 bits per heavy atom. The molecule has 0 radical (unpaired) electrons. The van der Waals surface area contributed by atoms with E-state index in [-0.39, 0.29) is 48.8 Å². The number of hydrogen-bond acceptors (Lipinski definition) is 10. The summed E-state index contributed by atoms with van der Waals surface area (Å²) in [5.74, 6) is -3.76. The van der Waals surface area contributed by atoms with Gasteiger partial charge in [-0.1, -0.05) is 0 Å². The Morgan fingerprint density at radius 2 is 2.00 bits per heavy atom. The molecule has 1 amide bonds. The number of aromatic nitrogens is 4. The van der Waals surface area contributed by atoms with Gasteiger partial charge in [-0.05, 0) is 44.0 Å². The van der Waals surface area contributed by atoms with Crippen LogP contribution in [0.5, 0.6) is 6.01 Å². The molecule has 3 aliphatic heterocycles. The number of carbonyl (C=O) groups is 1. The SMILES string of the molecule is COc1nc(N2CCN(C(=O)/C(F)=C/c3nccs3)C(CC#N)C2)c2cnc(-c3cc(F)ccc3C(F)F)c(F)c2n1.FC1CC2CCCN2C1. The minimum Gasteiger partial charge on any atom is -0.467 e. The lowest BCUT2D eigenvalue weighted by Crippen LogP contribution is -2.55. The summed E-state index contributed by atoms with van der Waals surface area (Å²) in [4.78, 5) is 34.4. The normalized spacial score (nSPS) is 20.7. The molecule has 51 heavy (non-hydrogen) atoms. The first-order chi connectivity index (χ1) is 24.6. The first kappa shape index (κ1) is 36.0. The van der Waals surface area contributed by atoms with E-state index >= 15 is 4.39 Å². The smallest absolute Gasteiger partial charge is 0.318 e. The Kier molecular flexibility index (Phi) is 11.0. The second kappa shape index (κ2) is 15.6. The first-order valence-electron chi connectivity index (χ1n) is 16.1. The van der Waals surface area contributed by atoms with Crippen molar-refractivity contribution in [1.82, 2.24) is 29.7 Å². The van der Waals surface area contributed by atoms with Crippen LogP contribution in [0.15, 0.2) is 41.8 Å². The average Bonchev–Trinajstić information content (AvgIpc) is 3.87. The maximum Gasteiger partial charge on any atom is 0.318 e. The van der Waals surface area contributed by atoms with Crippen LogP contribution in [0, 0.1) is 23.0 Å². The van der Waals surface area contributed by atoms with Crippen molar-refractivity contribution in [3.05, 3.63) is 64.0 Å².